The zero-order chi connectivity index (χ0) is 13.4. The molecule has 2 aromatic carbocycles. The van der Waals surface area contributed by atoms with Gasteiger partial charge in [-0.3, -0.25) is 0 Å². The molecule has 98 valence electrons. The van der Waals surface area contributed by atoms with Gasteiger partial charge >= 0.3 is 0 Å². The van der Waals surface area contributed by atoms with E-state index >= 15 is 0 Å². The highest BCUT2D eigenvalue weighted by molar-refractivity contribution is 5.76. The van der Waals surface area contributed by atoms with Crippen LogP contribution in [0.25, 0.3) is 11.1 Å². The van der Waals surface area contributed by atoms with Crippen LogP contribution < -0.4 is 10.5 Å². The van der Waals surface area contributed by atoms with E-state index in [4.69, 9.17) is 10.5 Å². The van der Waals surface area contributed by atoms with Gasteiger partial charge in [-0.25, -0.2) is 0 Å². The molecule has 0 aliphatic carbocycles. The minimum absolute atomic E-state index is 0.126. The summed E-state index contributed by atoms with van der Waals surface area (Å²) in [4.78, 5) is 0. The van der Waals surface area contributed by atoms with Gasteiger partial charge in [0.25, 0.3) is 0 Å². The van der Waals surface area contributed by atoms with Crippen LogP contribution in [0.1, 0.15) is 16.7 Å². The number of ether oxygens (including phenoxy) is 1. The number of hydrogen-bond acceptors (Lipinski definition) is 2. The molecule has 0 amide bonds. The molecule has 0 spiro atoms. The Hall–Kier alpha value is -1.80. The number of para-hydroxylation sites is 1. The van der Waals surface area contributed by atoms with Gasteiger partial charge < -0.3 is 10.5 Å². The number of hydrogen-bond donors (Lipinski definition) is 1. The van der Waals surface area contributed by atoms with Crippen molar-refractivity contribution in [3.05, 3.63) is 53.1 Å². The highest BCUT2D eigenvalue weighted by Gasteiger charge is 2.24. The van der Waals surface area contributed by atoms with Crippen LogP contribution in [0.4, 0.5) is 0 Å². The third-order valence-corrected chi connectivity index (χ3v) is 3.99. The summed E-state index contributed by atoms with van der Waals surface area (Å²) in [6.45, 7) is 4.88. The molecule has 0 bridgehead atoms. The van der Waals surface area contributed by atoms with E-state index in [1.165, 1.54) is 27.8 Å². The Morgan fingerprint density at radius 1 is 1.11 bits per heavy atom. The quantitative estimate of drug-likeness (QED) is 0.891. The van der Waals surface area contributed by atoms with Crippen molar-refractivity contribution < 1.29 is 4.74 Å². The normalized spacial score (nSPS) is 17.1. The number of nitrogens with two attached hydrogens (primary N) is 1. The predicted octanol–water partition coefficient (Wildman–Crippen LogP) is 3.23. The Balaban J connectivity index is 2.13. The number of fused-ring (bicyclic) bond motifs is 1. The van der Waals surface area contributed by atoms with E-state index in [9.17, 15) is 0 Å². The lowest BCUT2D eigenvalue weighted by atomic mass is 9.95. The second-order valence-corrected chi connectivity index (χ2v) is 5.22. The van der Waals surface area contributed by atoms with E-state index in [1.807, 2.05) is 0 Å². The summed E-state index contributed by atoms with van der Waals surface area (Å²) in [6, 6.07) is 12.8. The number of rotatable bonds is 2. The fourth-order valence-electron chi connectivity index (χ4n) is 2.72. The minimum atomic E-state index is 0.126. The van der Waals surface area contributed by atoms with E-state index in [1.54, 1.807) is 0 Å². The molecule has 19 heavy (non-hydrogen) atoms. The lowest BCUT2D eigenvalue weighted by molar-refractivity contribution is 0.242. The lowest BCUT2D eigenvalue weighted by Crippen LogP contribution is -2.24. The molecule has 2 heteroatoms. The molecule has 2 N–H and O–H groups in total. The topological polar surface area (TPSA) is 35.2 Å². The molecule has 1 aliphatic rings. The van der Waals surface area contributed by atoms with Crippen LogP contribution >= 0.6 is 0 Å². The molecular formula is C17H19NO. The minimum Gasteiger partial charge on any atom is -0.488 e. The highest BCUT2D eigenvalue weighted by Crippen LogP contribution is 2.40. The molecule has 1 aliphatic heterocycles. The van der Waals surface area contributed by atoms with Crippen molar-refractivity contribution in [3.63, 3.8) is 0 Å². The fourth-order valence-corrected chi connectivity index (χ4v) is 2.72. The zero-order valence-corrected chi connectivity index (χ0v) is 11.4. The second kappa shape index (κ2) is 4.71. The first kappa shape index (κ1) is 12.2. The molecule has 0 unspecified atom stereocenters. The summed E-state index contributed by atoms with van der Waals surface area (Å²) in [6.07, 6.45) is 1.05. The molecule has 0 saturated heterocycles. The predicted molar refractivity (Wildman–Crippen MR) is 78.5 cm³/mol. The largest absolute Gasteiger partial charge is 0.488 e. The highest BCUT2D eigenvalue weighted by atomic mass is 16.5. The Morgan fingerprint density at radius 3 is 2.63 bits per heavy atom. The van der Waals surface area contributed by atoms with Crippen LogP contribution in [-0.4, -0.2) is 12.6 Å². The van der Waals surface area contributed by atoms with Gasteiger partial charge in [-0.15, -0.1) is 0 Å². The molecular weight excluding hydrogens is 234 g/mol. The van der Waals surface area contributed by atoms with E-state index in [-0.39, 0.29) is 6.10 Å². The van der Waals surface area contributed by atoms with Crippen molar-refractivity contribution in [1.29, 1.82) is 0 Å². The lowest BCUT2D eigenvalue weighted by Gasteiger charge is -2.13. The Kier molecular flexibility index (Phi) is 3.03. The third kappa shape index (κ3) is 2.02. The average molecular weight is 253 g/mol. The van der Waals surface area contributed by atoms with Gasteiger partial charge in [0, 0.05) is 18.5 Å². The van der Waals surface area contributed by atoms with Crippen molar-refractivity contribution in [2.75, 3.05) is 6.54 Å². The maximum Gasteiger partial charge on any atom is 0.130 e. The van der Waals surface area contributed by atoms with Gasteiger partial charge in [-0.2, -0.15) is 0 Å². The van der Waals surface area contributed by atoms with Crippen LogP contribution in [0.2, 0.25) is 0 Å². The van der Waals surface area contributed by atoms with Gasteiger partial charge in [0.15, 0.2) is 0 Å². The summed E-state index contributed by atoms with van der Waals surface area (Å²) >= 11 is 0. The van der Waals surface area contributed by atoms with Crippen molar-refractivity contribution >= 4 is 0 Å². The molecule has 0 fully saturated rings. The van der Waals surface area contributed by atoms with E-state index < -0.39 is 0 Å². The molecule has 1 heterocycles. The fraction of sp³-hybridized carbons (Fsp3) is 0.294. The molecule has 2 aromatic rings. The van der Waals surface area contributed by atoms with E-state index in [0.717, 1.165) is 12.2 Å². The Labute approximate surface area is 114 Å². The first-order valence-corrected chi connectivity index (χ1v) is 6.76. The van der Waals surface area contributed by atoms with Crippen LogP contribution in [0.3, 0.4) is 0 Å². The van der Waals surface area contributed by atoms with Crippen molar-refractivity contribution in [2.24, 2.45) is 5.73 Å². The van der Waals surface area contributed by atoms with Gasteiger partial charge in [0.1, 0.15) is 11.9 Å². The SMILES string of the molecule is Cc1cccc(-c2cccc3c2O[C@H](CN)C3)c1C. The molecule has 0 aromatic heterocycles. The third-order valence-electron chi connectivity index (χ3n) is 3.99. The first-order chi connectivity index (χ1) is 9.20. The molecule has 3 rings (SSSR count). The average Bonchev–Trinajstić information content (AvgIpc) is 2.85. The van der Waals surface area contributed by atoms with Crippen LogP contribution in [0.5, 0.6) is 5.75 Å². The van der Waals surface area contributed by atoms with Crippen LogP contribution in [0, 0.1) is 13.8 Å². The van der Waals surface area contributed by atoms with Crippen LogP contribution in [-0.2, 0) is 6.42 Å². The van der Waals surface area contributed by atoms with E-state index in [0.29, 0.717) is 6.54 Å². The monoisotopic (exact) mass is 253 g/mol. The van der Waals surface area contributed by atoms with Crippen LogP contribution in [0.15, 0.2) is 36.4 Å². The maximum absolute atomic E-state index is 6.01. The summed E-state index contributed by atoms with van der Waals surface area (Å²) in [5.41, 5.74) is 12.1. The number of aryl methyl sites for hydroxylation is 1. The molecule has 0 radical (unpaired) electrons. The second-order valence-electron chi connectivity index (χ2n) is 5.22. The Morgan fingerprint density at radius 2 is 1.84 bits per heavy atom. The zero-order valence-electron chi connectivity index (χ0n) is 11.4. The summed E-state index contributed by atoms with van der Waals surface area (Å²) < 4.78 is 6.01. The van der Waals surface area contributed by atoms with Gasteiger partial charge in [-0.05, 0) is 36.1 Å². The summed E-state index contributed by atoms with van der Waals surface area (Å²) in [5.74, 6) is 1.02. The Bertz CT molecular complexity index is 619. The smallest absolute Gasteiger partial charge is 0.130 e. The summed E-state index contributed by atoms with van der Waals surface area (Å²) in [7, 11) is 0. The number of benzene rings is 2. The van der Waals surface area contributed by atoms with Gasteiger partial charge in [0.2, 0.25) is 0 Å². The first-order valence-electron chi connectivity index (χ1n) is 6.76. The molecule has 1 atom stereocenters. The standard InChI is InChI=1S/C17H19NO/c1-11-5-3-7-15(12(11)2)16-8-4-6-13-9-14(10-18)19-17(13)16/h3-8,14H,9-10,18H2,1-2H3/t14-/m0/s1. The van der Waals surface area contributed by atoms with Crippen molar-refractivity contribution in [1.82, 2.24) is 0 Å². The van der Waals surface area contributed by atoms with Gasteiger partial charge in [-0.1, -0.05) is 36.4 Å². The van der Waals surface area contributed by atoms with Crippen molar-refractivity contribution in [2.45, 2.75) is 26.4 Å². The summed E-state index contributed by atoms with van der Waals surface area (Å²) in [5, 5.41) is 0. The van der Waals surface area contributed by atoms with Crippen molar-refractivity contribution in [3.8, 4) is 16.9 Å². The molecule has 2 nitrogen and oxygen atoms in total. The maximum atomic E-state index is 6.01. The van der Waals surface area contributed by atoms with Gasteiger partial charge in [0.05, 0.1) is 0 Å². The molecule has 0 saturated carbocycles. The van der Waals surface area contributed by atoms with E-state index in [2.05, 4.69) is 50.2 Å².